The van der Waals surface area contributed by atoms with Crippen molar-refractivity contribution in [2.24, 2.45) is 0 Å². The normalized spacial score (nSPS) is 21.4. The van der Waals surface area contributed by atoms with Crippen LogP contribution in [-0.2, 0) is 6.42 Å². The molecule has 4 rings (SSSR count). The van der Waals surface area contributed by atoms with Crippen molar-refractivity contribution in [3.05, 3.63) is 40.5 Å². The van der Waals surface area contributed by atoms with Gasteiger partial charge in [-0.25, -0.2) is 4.98 Å². The summed E-state index contributed by atoms with van der Waals surface area (Å²) in [6, 6.07) is 7.94. The number of methoxy groups -OCH3 is 1. The van der Waals surface area contributed by atoms with Gasteiger partial charge in [-0.15, -0.1) is 5.10 Å². The lowest BCUT2D eigenvalue weighted by Gasteiger charge is -2.33. The number of aliphatic hydroxyl groups excluding tert-OH is 1. The van der Waals surface area contributed by atoms with Gasteiger partial charge in [0.05, 0.1) is 26.3 Å². The van der Waals surface area contributed by atoms with Crippen LogP contribution in [0, 0.1) is 0 Å². The third-order valence-electron chi connectivity index (χ3n) is 5.25. The Morgan fingerprint density at radius 1 is 1.37 bits per heavy atom. The minimum atomic E-state index is -0.234. The van der Waals surface area contributed by atoms with Gasteiger partial charge in [0.1, 0.15) is 10.6 Å². The summed E-state index contributed by atoms with van der Waals surface area (Å²) in [5.41, 5.74) is 1.08. The van der Waals surface area contributed by atoms with Gasteiger partial charge in [0.2, 0.25) is 10.8 Å². The average Bonchev–Trinajstić information content (AvgIpc) is 3.23. The molecule has 1 aliphatic rings. The maximum absolute atomic E-state index is 10.9. The van der Waals surface area contributed by atoms with Gasteiger partial charge in [0, 0.05) is 24.8 Å². The first-order chi connectivity index (χ1) is 13.1. The van der Waals surface area contributed by atoms with E-state index in [1.807, 2.05) is 25.1 Å². The van der Waals surface area contributed by atoms with Gasteiger partial charge in [-0.1, -0.05) is 30.4 Å². The summed E-state index contributed by atoms with van der Waals surface area (Å²) in [7, 11) is 1.66. The predicted octanol–water partition coefficient (Wildman–Crippen LogP) is 1.20. The second kappa shape index (κ2) is 7.46. The number of hydrogen-bond acceptors (Lipinski definition) is 6. The van der Waals surface area contributed by atoms with Crippen molar-refractivity contribution >= 4 is 16.3 Å². The van der Waals surface area contributed by atoms with Crippen LogP contribution in [0.5, 0.6) is 11.6 Å². The van der Waals surface area contributed by atoms with E-state index in [4.69, 9.17) is 4.74 Å². The fourth-order valence-corrected chi connectivity index (χ4v) is 4.94. The number of aromatic hydroxyl groups is 1. The number of thiazole rings is 1. The number of aromatic nitrogens is 3. The van der Waals surface area contributed by atoms with Crippen molar-refractivity contribution in [3.63, 3.8) is 0 Å². The molecule has 1 aromatic carbocycles. The number of piperidine rings is 1. The zero-order valence-corrected chi connectivity index (χ0v) is 16.4. The van der Waals surface area contributed by atoms with E-state index in [1.54, 1.807) is 11.6 Å². The number of nitrogens with one attached hydrogen (secondary N) is 1. The molecule has 1 saturated heterocycles. The first kappa shape index (κ1) is 18.2. The number of likely N-dealkylation sites (tertiary alicyclic amines) is 1. The topological polar surface area (TPSA) is 84.3 Å². The summed E-state index contributed by atoms with van der Waals surface area (Å²) < 4.78 is 6.96. The zero-order valence-electron chi connectivity index (χ0n) is 15.6. The molecule has 0 aliphatic carbocycles. The smallest absolute Gasteiger partial charge is 0.235 e. The van der Waals surface area contributed by atoms with Gasteiger partial charge in [-0.2, -0.15) is 4.52 Å². The summed E-state index contributed by atoms with van der Waals surface area (Å²) in [6.45, 7) is 3.69. The monoisotopic (exact) mass is 389 g/mol. The number of aryl methyl sites for hydroxylation is 1. The fourth-order valence-electron chi connectivity index (χ4n) is 3.78. The van der Waals surface area contributed by atoms with Gasteiger partial charge in [-0.05, 0) is 12.1 Å². The SMILES string of the molecule is CCc1nc2sc([C@H](c3cccc(OC)c3)[NH+]3CCC(O)CC3)c(O)n2n1. The number of benzene rings is 1. The predicted molar refractivity (Wildman–Crippen MR) is 103 cm³/mol. The standard InChI is InChI=1S/C19H24N4O3S/c1-3-15-20-19-23(21-15)18(25)17(27-19)16(22-9-7-13(24)8-10-22)12-5-4-6-14(11-12)26-2/h4-6,11,13,16,24-25H,3,7-10H2,1-2H3/p+1/t16-/m0/s1. The molecule has 0 amide bonds. The van der Waals surface area contributed by atoms with E-state index in [2.05, 4.69) is 16.1 Å². The lowest BCUT2D eigenvalue weighted by Crippen LogP contribution is -3.13. The van der Waals surface area contributed by atoms with E-state index in [1.165, 1.54) is 16.2 Å². The van der Waals surface area contributed by atoms with Gasteiger partial charge >= 0.3 is 0 Å². The lowest BCUT2D eigenvalue weighted by molar-refractivity contribution is -0.931. The molecule has 8 heteroatoms. The van der Waals surface area contributed by atoms with E-state index in [9.17, 15) is 10.2 Å². The van der Waals surface area contributed by atoms with Gasteiger partial charge < -0.3 is 19.8 Å². The second-order valence-corrected chi connectivity index (χ2v) is 7.97. The molecule has 0 saturated carbocycles. The Morgan fingerprint density at radius 2 is 2.15 bits per heavy atom. The van der Waals surface area contributed by atoms with Crippen LogP contribution in [0.25, 0.3) is 4.96 Å². The molecule has 0 unspecified atom stereocenters. The first-order valence-corrected chi connectivity index (χ1v) is 10.2. The van der Waals surface area contributed by atoms with Crippen molar-refractivity contribution in [2.45, 2.75) is 38.3 Å². The summed E-state index contributed by atoms with van der Waals surface area (Å²) in [6.07, 6.45) is 2.02. The Hall–Kier alpha value is -2.16. The van der Waals surface area contributed by atoms with Crippen LogP contribution in [0.3, 0.4) is 0 Å². The van der Waals surface area contributed by atoms with Crippen molar-refractivity contribution in [2.75, 3.05) is 20.2 Å². The van der Waals surface area contributed by atoms with Crippen LogP contribution < -0.4 is 9.64 Å². The van der Waals surface area contributed by atoms with Crippen LogP contribution in [0.4, 0.5) is 0 Å². The number of aliphatic hydroxyl groups is 1. The third-order valence-corrected chi connectivity index (χ3v) is 6.34. The highest BCUT2D eigenvalue weighted by Crippen LogP contribution is 2.36. The number of quaternary nitrogens is 1. The molecule has 3 aromatic rings. The molecular weight excluding hydrogens is 364 g/mol. The number of fused-ring (bicyclic) bond motifs is 1. The summed E-state index contributed by atoms with van der Waals surface area (Å²) >= 11 is 1.49. The minimum Gasteiger partial charge on any atom is -0.497 e. The minimum absolute atomic E-state index is 0.0498. The molecule has 1 atom stereocenters. The van der Waals surface area contributed by atoms with E-state index >= 15 is 0 Å². The molecule has 1 aliphatic heterocycles. The Labute approximate surface area is 161 Å². The Kier molecular flexibility index (Phi) is 5.03. The Balaban J connectivity index is 1.79. The molecule has 7 nitrogen and oxygen atoms in total. The van der Waals surface area contributed by atoms with Crippen molar-refractivity contribution in [1.29, 1.82) is 0 Å². The van der Waals surface area contributed by atoms with Crippen LogP contribution in [0.15, 0.2) is 24.3 Å². The van der Waals surface area contributed by atoms with Crippen LogP contribution in [0.2, 0.25) is 0 Å². The maximum Gasteiger partial charge on any atom is 0.235 e. The molecule has 2 aromatic heterocycles. The van der Waals surface area contributed by atoms with E-state index < -0.39 is 0 Å². The first-order valence-electron chi connectivity index (χ1n) is 9.34. The summed E-state index contributed by atoms with van der Waals surface area (Å²) in [5.74, 6) is 1.68. The highest BCUT2D eigenvalue weighted by Gasteiger charge is 2.35. The third kappa shape index (κ3) is 3.40. The fraction of sp³-hybridized carbons (Fsp3) is 0.474. The zero-order chi connectivity index (χ0) is 19.0. The van der Waals surface area contributed by atoms with E-state index in [0.29, 0.717) is 4.96 Å². The van der Waals surface area contributed by atoms with Crippen molar-refractivity contribution in [3.8, 4) is 11.6 Å². The van der Waals surface area contributed by atoms with Crippen molar-refractivity contribution in [1.82, 2.24) is 14.6 Å². The average molecular weight is 390 g/mol. The second-order valence-electron chi connectivity index (χ2n) is 6.96. The molecule has 27 heavy (non-hydrogen) atoms. The van der Waals surface area contributed by atoms with Crippen molar-refractivity contribution < 1.29 is 19.8 Å². The highest BCUT2D eigenvalue weighted by atomic mass is 32.1. The Bertz CT molecular complexity index is 930. The van der Waals surface area contributed by atoms with E-state index in [-0.39, 0.29) is 18.0 Å². The summed E-state index contributed by atoms with van der Waals surface area (Å²) in [4.78, 5) is 7.41. The van der Waals surface area contributed by atoms with Gasteiger partial charge in [-0.3, -0.25) is 0 Å². The largest absolute Gasteiger partial charge is 0.497 e. The Morgan fingerprint density at radius 3 is 2.81 bits per heavy atom. The molecule has 0 radical (unpaired) electrons. The van der Waals surface area contributed by atoms with Crippen LogP contribution >= 0.6 is 11.3 Å². The highest BCUT2D eigenvalue weighted by molar-refractivity contribution is 7.17. The quantitative estimate of drug-likeness (QED) is 0.611. The lowest BCUT2D eigenvalue weighted by atomic mass is 9.99. The number of hydrogen-bond donors (Lipinski definition) is 3. The number of nitrogens with zero attached hydrogens (tertiary/aromatic N) is 3. The molecule has 0 spiro atoms. The maximum atomic E-state index is 10.9. The number of rotatable bonds is 5. The molecule has 144 valence electrons. The molecule has 3 heterocycles. The molecule has 1 fully saturated rings. The van der Waals surface area contributed by atoms with Crippen LogP contribution in [0.1, 0.15) is 42.1 Å². The van der Waals surface area contributed by atoms with Crippen LogP contribution in [-0.4, -0.2) is 51.1 Å². The molecular formula is C19H25N4O3S+. The molecule has 0 bridgehead atoms. The van der Waals surface area contributed by atoms with Gasteiger partial charge in [0.15, 0.2) is 11.9 Å². The van der Waals surface area contributed by atoms with Gasteiger partial charge in [0.25, 0.3) is 0 Å². The van der Waals surface area contributed by atoms with E-state index in [0.717, 1.165) is 54.4 Å². The number of ether oxygens (including phenoxy) is 1. The molecule has 3 N–H and O–H groups in total. The summed E-state index contributed by atoms with van der Waals surface area (Å²) in [5, 5.41) is 25.2.